The fraction of sp³-hybridized carbons (Fsp3) is 0.200. The number of halogens is 1. The molecule has 0 spiro atoms. The number of aromatic nitrogens is 2. The SMILES string of the molecule is C[C@@H](Oc1ccc(F)cc1)C(=O)N[C@H](c1ccccc1)c1nccn1C. The Morgan fingerprint density at radius 3 is 2.46 bits per heavy atom. The van der Waals surface area contributed by atoms with E-state index in [2.05, 4.69) is 10.3 Å². The van der Waals surface area contributed by atoms with Crippen LogP contribution in [-0.2, 0) is 11.8 Å². The van der Waals surface area contributed by atoms with E-state index in [9.17, 15) is 9.18 Å². The smallest absolute Gasteiger partial charge is 0.261 e. The van der Waals surface area contributed by atoms with Crippen molar-refractivity contribution in [1.29, 1.82) is 0 Å². The Labute approximate surface area is 151 Å². The molecule has 0 radical (unpaired) electrons. The van der Waals surface area contributed by atoms with E-state index in [-0.39, 0.29) is 11.7 Å². The van der Waals surface area contributed by atoms with Crippen LogP contribution in [0.5, 0.6) is 5.75 Å². The van der Waals surface area contributed by atoms with Crippen molar-refractivity contribution < 1.29 is 13.9 Å². The molecule has 2 aromatic carbocycles. The number of benzene rings is 2. The summed E-state index contributed by atoms with van der Waals surface area (Å²) in [7, 11) is 1.88. The molecule has 1 aromatic heterocycles. The van der Waals surface area contributed by atoms with Gasteiger partial charge in [-0.1, -0.05) is 30.3 Å². The molecule has 1 N–H and O–H groups in total. The summed E-state index contributed by atoms with van der Waals surface area (Å²) in [6.45, 7) is 1.65. The summed E-state index contributed by atoms with van der Waals surface area (Å²) in [6.07, 6.45) is 2.78. The van der Waals surface area contributed by atoms with Crippen molar-refractivity contribution in [2.75, 3.05) is 0 Å². The normalized spacial score (nSPS) is 13.0. The minimum Gasteiger partial charge on any atom is -0.481 e. The number of carbonyl (C=O) groups excluding carboxylic acids is 1. The first-order chi connectivity index (χ1) is 12.5. The van der Waals surface area contributed by atoms with Crippen LogP contribution < -0.4 is 10.1 Å². The average Bonchev–Trinajstić information content (AvgIpc) is 3.07. The molecule has 0 saturated heterocycles. The molecular weight excluding hydrogens is 333 g/mol. The minimum absolute atomic E-state index is 0.286. The Morgan fingerprint density at radius 2 is 1.85 bits per heavy atom. The van der Waals surface area contributed by atoms with E-state index in [1.807, 2.05) is 48.1 Å². The first-order valence-corrected chi connectivity index (χ1v) is 8.29. The van der Waals surface area contributed by atoms with Crippen molar-refractivity contribution >= 4 is 5.91 Å². The molecular formula is C20H20FN3O2. The lowest BCUT2D eigenvalue weighted by Gasteiger charge is -2.22. The molecule has 26 heavy (non-hydrogen) atoms. The second-order valence-corrected chi connectivity index (χ2v) is 5.96. The number of hydrogen-bond donors (Lipinski definition) is 1. The molecule has 6 heteroatoms. The van der Waals surface area contributed by atoms with E-state index in [4.69, 9.17) is 4.74 Å². The highest BCUT2D eigenvalue weighted by Crippen LogP contribution is 2.21. The summed E-state index contributed by atoms with van der Waals surface area (Å²) in [5.41, 5.74) is 0.920. The van der Waals surface area contributed by atoms with Gasteiger partial charge in [-0.05, 0) is 36.8 Å². The molecule has 0 saturated carbocycles. The van der Waals surface area contributed by atoms with Crippen molar-refractivity contribution in [3.8, 4) is 5.75 Å². The lowest BCUT2D eigenvalue weighted by atomic mass is 10.1. The maximum atomic E-state index is 13.0. The van der Waals surface area contributed by atoms with E-state index in [0.717, 1.165) is 11.4 Å². The molecule has 0 bridgehead atoms. The van der Waals surface area contributed by atoms with Gasteiger partial charge >= 0.3 is 0 Å². The fourth-order valence-electron chi connectivity index (χ4n) is 2.63. The van der Waals surface area contributed by atoms with Crippen molar-refractivity contribution in [2.45, 2.75) is 19.1 Å². The second kappa shape index (κ2) is 7.82. The summed E-state index contributed by atoms with van der Waals surface area (Å²) >= 11 is 0. The maximum Gasteiger partial charge on any atom is 0.261 e. The zero-order valence-electron chi connectivity index (χ0n) is 14.6. The number of nitrogens with one attached hydrogen (secondary N) is 1. The first kappa shape index (κ1) is 17.7. The van der Waals surface area contributed by atoms with E-state index >= 15 is 0 Å². The van der Waals surface area contributed by atoms with Gasteiger partial charge in [-0.3, -0.25) is 4.79 Å². The topological polar surface area (TPSA) is 56.1 Å². The number of ether oxygens (including phenoxy) is 1. The lowest BCUT2D eigenvalue weighted by molar-refractivity contribution is -0.127. The molecule has 134 valence electrons. The maximum absolute atomic E-state index is 13.0. The highest BCUT2D eigenvalue weighted by atomic mass is 19.1. The molecule has 3 aromatic rings. The average molecular weight is 353 g/mol. The minimum atomic E-state index is -0.744. The van der Waals surface area contributed by atoms with Gasteiger partial charge < -0.3 is 14.6 Å². The molecule has 0 aliphatic heterocycles. The summed E-state index contributed by atoms with van der Waals surface area (Å²) in [5.74, 6) is 0.514. The number of aryl methyl sites for hydroxylation is 1. The highest BCUT2D eigenvalue weighted by Gasteiger charge is 2.24. The van der Waals surface area contributed by atoms with Gasteiger partial charge in [0.05, 0.1) is 0 Å². The monoisotopic (exact) mass is 353 g/mol. The van der Waals surface area contributed by atoms with Crippen LogP contribution in [0.3, 0.4) is 0 Å². The Hall–Kier alpha value is -3.15. The summed E-state index contributed by atoms with van der Waals surface area (Å²) in [6, 6.07) is 14.8. The highest BCUT2D eigenvalue weighted by molar-refractivity contribution is 5.81. The molecule has 0 aliphatic rings. The number of amides is 1. The van der Waals surface area contributed by atoms with Gasteiger partial charge in [0, 0.05) is 19.4 Å². The summed E-state index contributed by atoms with van der Waals surface area (Å²) in [4.78, 5) is 17.0. The lowest BCUT2D eigenvalue weighted by Crippen LogP contribution is -2.39. The molecule has 3 rings (SSSR count). The molecule has 0 aliphatic carbocycles. The van der Waals surface area contributed by atoms with Gasteiger partial charge in [-0.2, -0.15) is 0 Å². The third-order valence-corrected chi connectivity index (χ3v) is 4.03. The predicted molar refractivity (Wildman–Crippen MR) is 96.1 cm³/mol. The standard InChI is InChI=1S/C20H20FN3O2/c1-14(26-17-10-8-16(21)9-11-17)20(25)23-18(15-6-4-3-5-7-15)19-22-12-13-24(19)2/h3-14,18H,1-2H3,(H,23,25)/t14-,18-/m1/s1. The zero-order chi connectivity index (χ0) is 18.5. The number of imidazole rings is 1. The van der Waals surface area contributed by atoms with Crippen molar-refractivity contribution in [1.82, 2.24) is 14.9 Å². The van der Waals surface area contributed by atoms with Gasteiger partial charge in [0.15, 0.2) is 6.10 Å². The van der Waals surface area contributed by atoms with E-state index in [1.54, 1.807) is 13.1 Å². The van der Waals surface area contributed by atoms with Gasteiger partial charge in [0.1, 0.15) is 23.4 Å². The molecule has 5 nitrogen and oxygen atoms in total. The Kier molecular flexibility index (Phi) is 5.31. The molecule has 0 fully saturated rings. The van der Waals surface area contributed by atoms with Crippen molar-refractivity contribution in [2.24, 2.45) is 7.05 Å². The van der Waals surface area contributed by atoms with Crippen LogP contribution in [0.2, 0.25) is 0 Å². The van der Waals surface area contributed by atoms with E-state index in [0.29, 0.717) is 5.75 Å². The van der Waals surface area contributed by atoms with Gasteiger partial charge in [-0.15, -0.1) is 0 Å². The van der Waals surface area contributed by atoms with Crippen LogP contribution >= 0.6 is 0 Å². The largest absolute Gasteiger partial charge is 0.481 e. The second-order valence-electron chi connectivity index (χ2n) is 5.96. The number of nitrogens with zero attached hydrogens (tertiary/aromatic N) is 2. The number of hydrogen-bond acceptors (Lipinski definition) is 3. The fourth-order valence-corrected chi connectivity index (χ4v) is 2.63. The first-order valence-electron chi connectivity index (χ1n) is 8.29. The van der Waals surface area contributed by atoms with E-state index < -0.39 is 12.1 Å². The molecule has 0 unspecified atom stereocenters. The van der Waals surface area contributed by atoms with Gasteiger partial charge in [0.25, 0.3) is 5.91 Å². The van der Waals surface area contributed by atoms with Crippen LogP contribution in [0.4, 0.5) is 4.39 Å². The zero-order valence-corrected chi connectivity index (χ0v) is 14.6. The van der Waals surface area contributed by atoms with Crippen LogP contribution in [0.1, 0.15) is 24.4 Å². The van der Waals surface area contributed by atoms with Crippen molar-refractivity contribution in [3.63, 3.8) is 0 Å². The Bertz CT molecular complexity index is 862. The number of carbonyl (C=O) groups is 1. The van der Waals surface area contributed by atoms with Gasteiger partial charge in [0.2, 0.25) is 0 Å². The Morgan fingerprint density at radius 1 is 1.15 bits per heavy atom. The van der Waals surface area contributed by atoms with Gasteiger partial charge in [-0.25, -0.2) is 9.37 Å². The predicted octanol–water partition coefficient (Wildman–Crippen LogP) is 3.23. The third kappa shape index (κ3) is 4.08. The quantitative estimate of drug-likeness (QED) is 0.740. The van der Waals surface area contributed by atoms with Crippen LogP contribution in [0, 0.1) is 5.82 Å². The third-order valence-electron chi connectivity index (χ3n) is 4.03. The molecule has 1 amide bonds. The van der Waals surface area contributed by atoms with Crippen LogP contribution in [0.15, 0.2) is 67.0 Å². The van der Waals surface area contributed by atoms with E-state index in [1.165, 1.54) is 24.3 Å². The van der Waals surface area contributed by atoms with Crippen LogP contribution in [-0.4, -0.2) is 21.6 Å². The van der Waals surface area contributed by atoms with Crippen LogP contribution in [0.25, 0.3) is 0 Å². The Balaban J connectivity index is 1.77. The molecule has 1 heterocycles. The van der Waals surface area contributed by atoms with Crippen molar-refractivity contribution in [3.05, 3.63) is 84.2 Å². The summed E-state index contributed by atoms with van der Waals surface area (Å²) in [5, 5.41) is 2.99. The summed E-state index contributed by atoms with van der Waals surface area (Å²) < 4.78 is 20.5. The number of rotatable bonds is 6. The molecule has 2 atom stereocenters.